The van der Waals surface area contributed by atoms with Crippen molar-refractivity contribution in [2.24, 2.45) is 0 Å². The molecule has 2 nitrogen and oxygen atoms in total. The van der Waals surface area contributed by atoms with Crippen molar-refractivity contribution in [3.8, 4) is 0 Å². The molecular formula is C9H9F3N2. The molecule has 1 aliphatic carbocycles. The van der Waals surface area contributed by atoms with E-state index in [1.165, 1.54) is 0 Å². The highest BCUT2D eigenvalue weighted by atomic mass is 19.4. The number of hydrogen-bond acceptors (Lipinski definition) is 2. The Morgan fingerprint density at radius 2 is 1.93 bits per heavy atom. The van der Waals surface area contributed by atoms with Gasteiger partial charge in [-0.25, -0.2) is 9.97 Å². The van der Waals surface area contributed by atoms with Crippen LogP contribution in [0, 0.1) is 6.92 Å². The highest BCUT2D eigenvalue weighted by molar-refractivity contribution is 5.16. The standard InChI is InChI=1S/C9H9F3N2/c1-5-4-7(9(10,11)12)14-8(13-5)6-2-3-6/h4,6H,2-3H2,1H3. The smallest absolute Gasteiger partial charge is 0.238 e. The summed E-state index contributed by atoms with van der Waals surface area (Å²) in [6.07, 6.45) is -2.56. The predicted octanol–water partition coefficient (Wildman–Crippen LogP) is 2.68. The van der Waals surface area contributed by atoms with Crippen LogP contribution in [0.4, 0.5) is 13.2 Å². The normalized spacial score (nSPS) is 17.1. The van der Waals surface area contributed by atoms with Crippen LogP contribution in [0.1, 0.15) is 36.0 Å². The van der Waals surface area contributed by atoms with E-state index in [0.29, 0.717) is 11.5 Å². The summed E-state index contributed by atoms with van der Waals surface area (Å²) in [5.74, 6) is 0.494. The Kier molecular flexibility index (Phi) is 1.97. The van der Waals surface area contributed by atoms with E-state index in [9.17, 15) is 13.2 Å². The molecule has 0 N–H and O–H groups in total. The minimum atomic E-state index is -4.36. The van der Waals surface area contributed by atoms with Gasteiger partial charge < -0.3 is 0 Å². The molecule has 1 aliphatic rings. The van der Waals surface area contributed by atoms with Gasteiger partial charge in [-0.3, -0.25) is 0 Å². The third kappa shape index (κ3) is 1.86. The van der Waals surface area contributed by atoms with Gasteiger partial charge in [0.2, 0.25) is 0 Å². The zero-order valence-corrected chi connectivity index (χ0v) is 7.60. The van der Waals surface area contributed by atoms with E-state index in [-0.39, 0.29) is 5.92 Å². The molecule has 0 bridgehead atoms. The molecule has 0 aromatic carbocycles. The van der Waals surface area contributed by atoms with Gasteiger partial charge in [0, 0.05) is 11.6 Å². The molecule has 14 heavy (non-hydrogen) atoms. The van der Waals surface area contributed by atoms with Crippen molar-refractivity contribution in [2.75, 3.05) is 0 Å². The number of rotatable bonds is 1. The van der Waals surface area contributed by atoms with Crippen molar-refractivity contribution in [3.63, 3.8) is 0 Å². The van der Waals surface area contributed by atoms with Gasteiger partial charge in [0.05, 0.1) is 0 Å². The second kappa shape index (κ2) is 2.93. The van der Waals surface area contributed by atoms with Crippen LogP contribution in [0.25, 0.3) is 0 Å². The van der Waals surface area contributed by atoms with E-state index in [4.69, 9.17) is 0 Å². The Labute approximate surface area is 79.2 Å². The SMILES string of the molecule is Cc1cc(C(F)(F)F)nc(C2CC2)n1. The zero-order chi connectivity index (χ0) is 10.3. The number of nitrogens with zero attached hydrogens (tertiary/aromatic N) is 2. The van der Waals surface area contributed by atoms with E-state index >= 15 is 0 Å². The average molecular weight is 202 g/mol. The molecule has 0 spiro atoms. The molecule has 76 valence electrons. The van der Waals surface area contributed by atoms with Crippen LogP contribution in [0.5, 0.6) is 0 Å². The fourth-order valence-electron chi connectivity index (χ4n) is 1.26. The summed E-state index contributed by atoms with van der Waals surface area (Å²) in [5.41, 5.74) is -0.443. The molecule has 1 aromatic rings. The van der Waals surface area contributed by atoms with Gasteiger partial charge >= 0.3 is 6.18 Å². The maximum atomic E-state index is 12.3. The van der Waals surface area contributed by atoms with Crippen molar-refractivity contribution >= 4 is 0 Å². The number of hydrogen-bond donors (Lipinski definition) is 0. The van der Waals surface area contributed by atoms with Crippen LogP contribution in [0.2, 0.25) is 0 Å². The van der Waals surface area contributed by atoms with Crippen LogP contribution in [0.3, 0.4) is 0 Å². The summed E-state index contributed by atoms with van der Waals surface area (Å²) < 4.78 is 37.0. The summed E-state index contributed by atoms with van der Waals surface area (Å²) >= 11 is 0. The van der Waals surface area contributed by atoms with Crippen LogP contribution >= 0.6 is 0 Å². The lowest BCUT2D eigenvalue weighted by Crippen LogP contribution is -2.11. The summed E-state index contributed by atoms with van der Waals surface area (Å²) in [6, 6.07) is 0.978. The zero-order valence-electron chi connectivity index (χ0n) is 7.60. The maximum absolute atomic E-state index is 12.3. The van der Waals surface area contributed by atoms with Gasteiger partial charge in [-0.2, -0.15) is 13.2 Å². The molecular weight excluding hydrogens is 193 g/mol. The molecule has 1 heterocycles. The quantitative estimate of drug-likeness (QED) is 0.699. The first-order valence-corrected chi connectivity index (χ1v) is 4.39. The largest absolute Gasteiger partial charge is 0.433 e. The number of aryl methyl sites for hydroxylation is 1. The third-order valence-electron chi connectivity index (χ3n) is 2.10. The van der Waals surface area contributed by atoms with Crippen LogP contribution in [-0.2, 0) is 6.18 Å². The summed E-state index contributed by atoms with van der Waals surface area (Å²) in [4.78, 5) is 7.53. The van der Waals surface area contributed by atoms with Crippen LogP contribution < -0.4 is 0 Å². The highest BCUT2D eigenvalue weighted by Gasteiger charge is 2.35. The second-order valence-corrected chi connectivity index (χ2v) is 3.52. The number of alkyl halides is 3. The van der Waals surface area contributed by atoms with Gasteiger partial charge in [-0.05, 0) is 25.8 Å². The Morgan fingerprint density at radius 1 is 1.29 bits per heavy atom. The second-order valence-electron chi connectivity index (χ2n) is 3.52. The molecule has 1 aromatic heterocycles. The first-order chi connectivity index (χ1) is 6.47. The fourth-order valence-corrected chi connectivity index (χ4v) is 1.26. The molecule has 0 radical (unpaired) electrons. The van der Waals surface area contributed by atoms with E-state index in [1.54, 1.807) is 6.92 Å². The molecule has 0 amide bonds. The highest BCUT2D eigenvalue weighted by Crippen LogP contribution is 2.39. The summed E-state index contributed by atoms with van der Waals surface area (Å²) in [5, 5.41) is 0. The van der Waals surface area contributed by atoms with Gasteiger partial charge in [-0.15, -0.1) is 0 Å². The first kappa shape index (κ1) is 9.43. The molecule has 5 heteroatoms. The van der Waals surface area contributed by atoms with Crippen LogP contribution in [-0.4, -0.2) is 9.97 Å². The van der Waals surface area contributed by atoms with E-state index in [2.05, 4.69) is 9.97 Å². The van der Waals surface area contributed by atoms with Gasteiger partial charge in [0.15, 0.2) is 0 Å². The average Bonchev–Trinajstić information content (AvgIpc) is 2.83. The summed E-state index contributed by atoms with van der Waals surface area (Å²) in [6.45, 7) is 1.56. The third-order valence-corrected chi connectivity index (χ3v) is 2.10. The fraction of sp³-hybridized carbons (Fsp3) is 0.556. The first-order valence-electron chi connectivity index (χ1n) is 4.39. The Hall–Kier alpha value is -1.13. The molecule has 0 aliphatic heterocycles. The number of halogens is 3. The van der Waals surface area contributed by atoms with E-state index < -0.39 is 11.9 Å². The van der Waals surface area contributed by atoms with Gasteiger partial charge in [0.1, 0.15) is 11.5 Å². The van der Waals surface area contributed by atoms with Crippen molar-refractivity contribution in [1.82, 2.24) is 9.97 Å². The molecule has 0 atom stereocenters. The van der Waals surface area contributed by atoms with Gasteiger partial charge in [0.25, 0.3) is 0 Å². The molecule has 2 rings (SSSR count). The monoisotopic (exact) mass is 202 g/mol. The summed E-state index contributed by atoms with van der Waals surface area (Å²) in [7, 11) is 0. The molecule has 0 saturated heterocycles. The Morgan fingerprint density at radius 3 is 2.43 bits per heavy atom. The van der Waals surface area contributed by atoms with Crippen LogP contribution in [0.15, 0.2) is 6.07 Å². The van der Waals surface area contributed by atoms with E-state index in [0.717, 1.165) is 18.9 Å². The lowest BCUT2D eigenvalue weighted by Gasteiger charge is -2.07. The molecule has 0 unspecified atom stereocenters. The maximum Gasteiger partial charge on any atom is 0.433 e. The lowest BCUT2D eigenvalue weighted by molar-refractivity contribution is -0.141. The lowest BCUT2D eigenvalue weighted by atomic mass is 10.3. The Balaban J connectivity index is 2.41. The van der Waals surface area contributed by atoms with Crippen molar-refractivity contribution in [1.29, 1.82) is 0 Å². The van der Waals surface area contributed by atoms with Crippen molar-refractivity contribution < 1.29 is 13.2 Å². The predicted molar refractivity (Wildman–Crippen MR) is 43.7 cm³/mol. The Bertz CT molecular complexity index is 356. The minimum Gasteiger partial charge on any atom is -0.238 e. The molecule has 1 saturated carbocycles. The minimum absolute atomic E-state index is 0.149. The van der Waals surface area contributed by atoms with Crippen molar-refractivity contribution in [3.05, 3.63) is 23.3 Å². The van der Waals surface area contributed by atoms with E-state index in [1.807, 2.05) is 0 Å². The molecule has 1 fully saturated rings. The van der Waals surface area contributed by atoms with Gasteiger partial charge in [-0.1, -0.05) is 0 Å². The topological polar surface area (TPSA) is 25.8 Å². The van der Waals surface area contributed by atoms with Crippen molar-refractivity contribution in [2.45, 2.75) is 31.9 Å². The number of aromatic nitrogens is 2.